The maximum absolute atomic E-state index is 12.5. The number of amides is 1. The van der Waals surface area contributed by atoms with E-state index >= 15 is 0 Å². The average molecular weight is 334 g/mol. The van der Waals surface area contributed by atoms with Crippen molar-refractivity contribution in [1.82, 2.24) is 20.2 Å². The number of aromatic nitrogens is 2. The van der Waals surface area contributed by atoms with Gasteiger partial charge in [0, 0.05) is 44.6 Å². The molecule has 1 amide bonds. The number of ether oxygens (including phenoxy) is 2. The fourth-order valence-corrected chi connectivity index (χ4v) is 3.42. The van der Waals surface area contributed by atoms with Gasteiger partial charge in [0.25, 0.3) is 5.91 Å². The van der Waals surface area contributed by atoms with Gasteiger partial charge in [-0.1, -0.05) is 0 Å². The lowest BCUT2D eigenvalue weighted by atomic mass is 9.99. The van der Waals surface area contributed by atoms with Gasteiger partial charge in [-0.2, -0.15) is 0 Å². The molecule has 132 valence electrons. The molecule has 2 aliphatic heterocycles. The summed E-state index contributed by atoms with van der Waals surface area (Å²) in [4.78, 5) is 22.6. The predicted molar refractivity (Wildman–Crippen MR) is 88.9 cm³/mol. The summed E-state index contributed by atoms with van der Waals surface area (Å²) in [5.41, 5.74) is 1.30. The summed E-state index contributed by atoms with van der Waals surface area (Å²) < 4.78 is 11.0. The molecule has 2 saturated heterocycles. The lowest BCUT2D eigenvalue weighted by Crippen LogP contribution is -2.54. The number of carbonyl (C=O) groups is 1. The van der Waals surface area contributed by atoms with Crippen molar-refractivity contribution in [3.8, 4) is 0 Å². The highest BCUT2D eigenvalue weighted by Crippen LogP contribution is 2.17. The largest absolute Gasteiger partial charge is 0.379 e. The van der Waals surface area contributed by atoms with Crippen molar-refractivity contribution in [3.05, 3.63) is 23.8 Å². The molecule has 24 heavy (non-hydrogen) atoms. The zero-order valence-corrected chi connectivity index (χ0v) is 14.4. The number of nitrogens with one attached hydrogen (secondary N) is 1. The van der Waals surface area contributed by atoms with Crippen LogP contribution >= 0.6 is 0 Å². The Morgan fingerprint density at radius 1 is 1.33 bits per heavy atom. The third-order valence-corrected chi connectivity index (χ3v) is 4.86. The maximum atomic E-state index is 12.5. The van der Waals surface area contributed by atoms with E-state index in [1.54, 1.807) is 13.2 Å². The van der Waals surface area contributed by atoms with E-state index in [9.17, 15) is 4.79 Å². The van der Waals surface area contributed by atoms with Crippen molar-refractivity contribution in [2.75, 3.05) is 33.4 Å². The van der Waals surface area contributed by atoms with Gasteiger partial charge in [0.05, 0.1) is 12.7 Å². The lowest BCUT2D eigenvalue weighted by Gasteiger charge is -2.38. The number of carbonyl (C=O) groups excluding carboxylic acids is 1. The predicted octanol–water partition coefficient (Wildman–Crippen LogP) is 0.783. The highest BCUT2D eigenvalue weighted by Gasteiger charge is 2.30. The van der Waals surface area contributed by atoms with Crippen molar-refractivity contribution >= 4 is 5.91 Å². The normalized spacial score (nSPS) is 25.7. The first-order valence-corrected chi connectivity index (χ1v) is 8.62. The fraction of sp³-hybridized carbons (Fsp3) is 0.706. The van der Waals surface area contributed by atoms with Crippen molar-refractivity contribution < 1.29 is 14.3 Å². The summed E-state index contributed by atoms with van der Waals surface area (Å²) >= 11 is 0. The van der Waals surface area contributed by atoms with Gasteiger partial charge in [-0.25, -0.2) is 9.97 Å². The molecule has 1 aromatic heterocycles. The second kappa shape index (κ2) is 8.00. The van der Waals surface area contributed by atoms with Gasteiger partial charge in [-0.3, -0.25) is 4.79 Å². The van der Waals surface area contributed by atoms with Crippen molar-refractivity contribution in [2.24, 2.45) is 0 Å². The number of nitrogens with zero attached hydrogens (tertiary/aromatic N) is 3. The molecule has 0 spiro atoms. The number of hydrogen-bond donors (Lipinski definition) is 1. The van der Waals surface area contributed by atoms with Gasteiger partial charge in [0.1, 0.15) is 12.0 Å². The molecular formula is C17H26N4O3. The third-order valence-electron chi connectivity index (χ3n) is 4.86. The number of hydrogen-bond acceptors (Lipinski definition) is 6. The third kappa shape index (κ3) is 4.09. The monoisotopic (exact) mass is 334 g/mol. The highest BCUT2D eigenvalue weighted by molar-refractivity contribution is 5.92. The van der Waals surface area contributed by atoms with E-state index in [-0.39, 0.29) is 12.0 Å². The summed E-state index contributed by atoms with van der Waals surface area (Å²) in [5.74, 6) is -0.000200. The van der Waals surface area contributed by atoms with Gasteiger partial charge in [-0.05, 0) is 32.3 Å². The van der Waals surface area contributed by atoms with Crippen LogP contribution in [0.25, 0.3) is 0 Å². The number of aryl methyl sites for hydroxylation is 1. The van der Waals surface area contributed by atoms with Crippen LogP contribution in [0.1, 0.15) is 35.4 Å². The SMILES string of the molecule is CO[C@H]1COCC[C@H]1NC1CCN(C(=O)c2cc(C)ncn2)CC1. The Kier molecular flexibility index (Phi) is 5.76. The molecule has 0 aliphatic carbocycles. The zero-order valence-electron chi connectivity index (χ0n) is 14.4. The van der Waals surface area contributed by atoms with Crippen LogP contribution in [0.4, 0.5) is 0 Å². The molecule has 7 heteroatoms. The molecule has 3 rings (SSSR count). The summed E-state index contributed by atoms with van der Waals surface area (Å²) in [6.45, 7) is 4.80. The van der Waals surface area contributed by atoms with Crippen LogP contribution in [0, 0.1) is 6.92 Å². The van der Waals surface area contributed by atoms with E-state index in [1.807, 2.05) is 11.8 Å². The molecule has 2 aliphatic rings. The minimum atomic E-state index is -0.000200. The maximum Gasteiger partial charge on any atom is 0.272 e. The van der Waals surface area contributed by atoms with Crippen LogP contribution in [-0.2, 0) is 9.47 Å². The molecule has 0 bridgehead atoms. The second-order valence-corrected chi connectivity index (χ2v) is 6.52. The van der Waals surface area contributed by atoms with E-state index in [2.05, 4.69) is 15.3 Å². The standard InChI is InChI=1S/C17H26N4O3/c1-12-9-15(19-11-18-12)17(22)21-6-3-13(4-7-21)20-14-5-8-24-10-16(14)23-2/h9,11,13-14,16,20H,3-8,10H2,1-2H3/t14-,16+/m1/s1. The van der Waals surface area contributed by atoms with Gasteiger partial charge >= 0.3 is 0 Å². The molecule has 0 radical (unpaired) electrons. The topological polar surface area (TPSA) is 76.6 Å². The van der Waals surface area contributed by atoms with Crippen LogP contribution in [0.5, 0.6) is 0 Å². The molecule has 2 fully saturated rings. The molecule has 1 aromatic rings. The highest BCUT2D eigenvalue weighted by atomic mass is 16.5. The Balaban J connectivity index is 1.51. The summed E-state index contributed by atoms with van der Waals surface area (Å²) in [7, 11) is 1.74. The molecule has 0 aromatic carbocycles. The van der Waals surface area contributed by atoms with Gasteiger partial charge in [0.15, 0.2) is 0 Å². The van der Waals surface area contributed by atoms with E-state index in [0.29, 0.717) is 24.4 Å². The molecule has 0 unspecified atom stereocenters. The van der Waals surface area contributed by atoms with Crippen molar-refractivity contribution in [1.29, 1.82) is 0 Å². The average Bonchev–Trinajstić information content (AvgIpc) is 2.62. The smallest absolute Gasteiger partial charge is 0.272 e. The first-order chi connectivity index (χ1) is 11.7. The van der Waals surface area contributed by atoms with Crippen molar-refractivity contribution in [3.63, 3.8) is 0 Å². The van der Waals surface area contributed by atoms with Crippen LogP contribution in [-0.4, -0.2) is 72.4 Å². The Morgan fingerprint density at radius 2 is 2.12 bits per heavy atom. The first-order valence-electron chi connectivity index (χ1n) is 8.62. The Bertz CT molecular complexity index is 561. The van der Waals surface area contributed by atoms with Crippen LogP contribution in [0.3, 0.4) is 0 Å². The van der Waals surface area contributed by atoms with E-state index in [4.69, 9.17) is 9.47 Å². The number of likely N-dealkylation sites (tertiary alicyclic amines) is 1. The molecule has 1 N–H and O–H groups in total. The van der Waals surface area contributed by atoms with Gasteiger partial charge in [0.2, 0.25) is 0 Å². The van der Waals surface area contributed by atoms with Gasteiger partial charge in [-0.15, -0.1) is 0 Å². The summed E-state index contributed by atoms with van der Waals surface area (Å²) in [5, 5.41) is 3.70. The number of methoxy groups -OCH3 is 1. The zero-order chi connectivity index (χ0) is 16.9. The minimum Gasteiger partial charge on any atom is -0.379 e. The summed E-state index contributed by atoms with van der Waals surface area (Å²) in [6, 6.07) is 2.50. The van der Waals surface area contributed by atoms with Gasteiger partial charge < -0.3 is 19.7 Å². The Hall–Kier alpha value is -1.57. The molecule has 3 heterocycles. The van der Waals surface area contributed by atoms with E-state index < -0.39 is 0 Å². The molecular weight excluding hydrogens is 308 g/mol. The van der Waals surface area contributed by atoms with Crippen LogP contribution in [0.2, 0.25) is 0 Å². The first kappa shape index (κ1) is 17.3. The molecule has 7 nitrogen and oxygen atoms in total. The molecule has 2 atom stereocenters. The number of piperidine rings is 1. The second-order valence-electron chi connectivity index (χ2n) is 6.52. The minimum absolute atomic E-state index is 0.000200. The lowest BCUT2D eigenvalue weighted by molar-refractivity contribution is -0.0533. The van der Waals surface area contributed by atoms with Crippen molar-refractivity contribution in [2.45, 2.75) is 44.4 Å². The van der Waals surface area contributed by atoms with E-state index in [1.165, 1.54) is 6.33 Å². The Labute approximate surface area is 142 Å². The molecule has 0 saturated carbocycles. The Morgan fingerprint density at radius 3 is 2.83 bits per heavy atom. The summed E-state index contributed by atoms with van der Waals surface area (Å²) in [6.07, 6.45) is 4.43. The quantitative estimate of drug-likeness (QED) is 0.877. The van der Waals surface area contributed by atoms with Crippen LogP contribution < -0.4 is 5.32 Å². The number of rotatable bonds is 4. The van der Waals surface area contributed by atoms with E-state index in [0.717, 1.165) is 44.7 Å². The van der Waals surface area contributed by atoms with Crippen LogP contribution in [0.15, 0.2) is 12.4 Å². The fourth-order valence-electron chi connectivity index (χ4n) is 3.42.